The molecule has 80 valence electrons. The van der Waals surface area contributed by atoms with Gasteiger partial charge in [-0.3, -0.25) is 0 Å². The van der Waals surface area contributed by atoms with Crippen molar-refractivity contribution in [2.75, 3.05) is 0 Å². The fourth-order valence-electron chi connectivity index (χ4n) is 1.48. The van der Waals surface area contributed by atoms with E-state index in [1.807, 2.05) is 6.07 Å². The van der Waals surface area contributed by atoms with Gasteiger partial charge in [0.05, 0.1) is 4.86 Å². The third kappa shape index (κ3) is 9.67. The molecule has 0 N–H and O–H groups in total. The Morgan fingerprint density at radius 2 is 1.50 bits per heavy atom. The van der Waals surface area contributed by atoms with Crippen LogP contribution in [-0.2, 0) is 0 Å². The average molecular weight is 211 g/mol. The molecule has 0 aromatic carbocycles. The Morgan fingerprint density at radius 1 is 1.00 bits per heavy atom. The number of hydrogen-bond donors (Lipinski definition) is 0. The lowest BCUT2D eigenvalue weighted by Crippen LogP contribution is -1.89. The van der Waals surface area contributed by atoms with E-state index in [1.54, 1.807) is 0 Å². The molecular formula is C12H21NS. The van der Waals surface area contributed by atoms with Gasteiger partial charge in [0, 0.05) is 0 Å². The fraction of sp³-hybridized carbons (Fsp3) is 0.833. The molecule has 0 rings (SSSR count). The van der Waals surface area contributed by atoms with Gasteiger partial charge >= 0.3 is 0 Å². The van der Waals surface area contributed by atoms with Gasteiger partial charge in [0.15, 0.2) is 0 Å². The topological polar surface area (TPSA) is 23.8 Å². The maximum Gasteiger partial charge on any atom is 0.106 e. The van der Waals surface area contributed by atoms with Crippen LogP contribution < -0.4 is 0 Å². The monoisotopic (exact) mass is 211 g/mol. The van der Waals surface area contributed by atoms with Crippen LogP contribution in [0.2, 0.25) is 0 Å². The number of nitrogens with zero attached hydrogens (tertiary/aromatic N) is 1. The van der Waals surface area contributed by atoms with Crippen molar-refractivity contribution in [1.29, 1.82) is 5.26 Å². The number of thiocarbonyl (C=S) groups is 1. The molecular weight excluding hydrogens is 190 g/mol. The Bertz CT molecular complexity index is 181. The van der Waals surface area contributed by atoms with Crippen LogP contribution in [0.3, 0.4) is 0 Å². The SMILES string of the molecule is CCCCCCCCCCC(=S)C#N. The first-order chi connectivity index (χ1) is 6.81. The summed E-state index contributed by atoms with van der Waals surface area (Å²) in [5.41, 5.74) is 0. The van der Waals surface area contributed by atoms with E-state index in [0.29, 0.717) is 4.86 Å². The molecule has 0 heterocycles. The second-order valence-corrected chi connectivity index (χ2v) is 4.25. The highest BCUT2D eigenvalue weighted by Crippen LogP contribution is 2.09. The van der Waals surface area contributed by atoms with Gasteiger partial charge in [0.2, 0.25) is 0 Å². The average Bonchev–Trinajstić information content (AvgIpc) is 2.21. The van der Waals surface area contributed by atoms with E-state index in [2.05, 4.69) is 6.92 Å². The third-order valence-electron chi connectivity index (χ3n) is 2.38. The maximum atomic E-state index is 8.44. The van der Waals surface area contributed by atoms with E-state index in [4.69, 9.17) is 17.5 Å². The van der Waals surface area contributed by atoms with Gasteiger partial charge < -0.3 is 0 Å². The molecule has 0 bridgehead atoms. The summed E-state index contributed by atoms with van der Waals surface area (Å²) in [7, 11) is 0. The maximum absolute atomic E-state index is 8.44. The van der Waals surface area contributed by atoms with E-state index >= 15 is 0 Å². The van der Waals surface area contributed by atoms with Gasteiger partial charge in [-0.2, -0.15) is 5.26 Å². The van der Waals surface area contributed by atoms with Crippen LogP contribution >= 0.6 is 12.2 Å². The van der Waals surface area contributed by atoms with Crippen molar-refractivity contribution in [2.24, 2.45) is 0 Å². The predicted molar refractivity (Wildman–Crippen MR) is 65.4 cm³/mol. The minimum atomic E-state index is 0.566. The zero-order valence-corrected chi connectivity index (χ0v) is 10.0. The van der Waals surface area contributed by atoms with Crippen molar-refractivity contribution in [3.05, 3.63) is 0 Å². The van der Waals surface area contributed by atoms with Crippen molar-refractivity contribution in [1.82, 2.24) is 0 Å². The lowest BCUT2D eigenvalue weighted by molar-refractivity contribution is 0.580. The van der Waals surface area contributed by atoms with E-state index in [0.717, 1.165) is 12.8 Å². The number of rotatable bonds is 9. The van der Waals surface area contributed by atoms with Gasteiger partial charge in [-0.25, -0.2) is 0 Å². The van der Waals surface area contributed by atoms with Crippen LogP contribution in [0, 0.1) is 11.3 Å². The highest BCUT2D eigenvalue weighted by molar-refractivity contribution is 7.80. The highest BCUT2D eigenvalue weighted by Gasteiger charge is 1.94. The van der Waals surface area contributed by atoms with Gasteiger partial charge in [-0.15, -0.1) is 0 Å². The summed E-state index contributed by atoms with van der Waals surface area (Å²) in [6, 6.07) is 2.02. The Kier molecular flexibility index (Phi) is 10.3. The molecule has 0 aliphatic rings. The Labute approximate surface area is 93.5 Å². The molecule has 0 aliphatic carbocycles. The first-order valence-electron chi connectivity index (χ1n) is 5.74. The largest absolute Gasteiger partial charge is 0.192 e. The Morgan fingerprint density at radius 3 is 2.00 bits per heavy atom. The fourth-order valence-corrected chi connectivity index (χ4v) is 1.62. The van der Waals surface area contributed by atoms with Gasteiger partial charge in [0.1, 0.15) is 6.07 Å². The van der Waals surface area contributed by atoms with E-state index in [-0.39, 0.29) is 0 Å². The van der Waals surface area contributed by atoms with E-state index < -0.39 is 0 Å². The van der Waals surface area contributed by atoms with Crippen LogP contribution in [0.5, 0.6) is 0 Å². The first-order valence-corrected chi connectivity index (χ1v) is 6.15. The lowest BCUT2D eigenvalue weighted by atomic mass is 10.1. The molecule has 2 heteroatoms. The molecule has 0 spiro atoms. The van der Waals surface area contributed by atoms with Crippen LogP contribution in [0.1, 0.15) is 64.7 Å². The van der Waals surface area contributed by atoms with E-state index in [1.165, 1.54) is 44.9 Å². The Balaban J connectivity index is 3.00. The molecule has 0 aromatic heterocycles. The van der Waals surface area contributed by atoms with Gasteiger partial charge in [-0.05, 0) is 12.8 Å². The zero-order valence-electron chi connectivity index (χ0n) is 9.22. The first kappa shape index (κ1) is 13.6. The smallest absolute Gasteiger partial charge is 0.106 e. The minimum Gasteiger partial charge on any atom is -0.192 e. The molecule has 0 amide bonds. The highest BCUT2D eigenvalue weighted by atomic mass is 32.1. The van der Waals surface area contributed by atoms with Crippen LogP contribution in [0.4, 0.5) is 0 Å². The summed E-state index contributed by atoms with van der Waals surface area (Å²) in [5.74, 6) is 0. The number of nitriles is 1. The van der Waals surface area contributed by atoms with Crippen molar-refractivity contribution in [3.63, 3.8) is 0 Å². The minimum absolute atomic E-state index is 0.566. The quantitative estimate of drug-likeness (QED) is 0.416. The molecule has 0 unspecified atom stereocenters. The van der Waals surface area contributed by atoms with Crippen LogP contribution in [-0.4, -0.2) is 4.86 Å². The van der Waals surface area contributed by atoms with Crippen molar-refractivity contribution in [3.8, 4) is 6.07 Å². The van der Waals surface area contributed by atoms with Crippen molar-refractivity contribution in [2.45, 2.75) is 64.7 Å². The molecule has 0 radical (unpaired) electrons. The predicted octanol–water partition coefficient (Wildman–Crippen LogP) is 4.41. The third-order valence-corrected chi connectivity index (χ3v) is 2.68. The van der Waals surface area contributed by atoms with Crippen molar-refractivity contribution < 1.29 is 0 Å². The Hall–Kier alpha value is -0.420. The van der Waals surface area contributed by atoms with Crippen molar-refractivity contribution >= 4 is 17.1 Å². The zero-order chi connectivity index (χ0) is 10.6. The van der Waals surface area contributed by atoms with E-state index in [9.17, 15) is 0 Å². The summed E-state index contributed by atoms with van der Waals surface area (Å²) >= 11 is 4.83. The van der Waals surface area contributed by atoms with Crippen LogP contribution in [0.15, 0.2) is 0 Å². The summed E-state index contributed by atoms with van der Waals surface area (Å²) < 4.78 is 0. The second-order valence-electron chi connectivity index (χ2n) is 3.76. The molecule has 1 nitrogen and oxygen atoms in total. The van der Waals surface area contributed by atoms with Gasteiger partial charge in [-0.1, -0.05) is 64.1 Å². The standard InChI is InChI=1S/C12H21NS/c1-2-3-4-5-6-7-8-9-10-12(14)11-13/h2-10H2,1H3. The molecule has 14 heavy (non-hydrogen) atoms. The molecule has 0 aliphatic heterocycles. The molecule has 0 saturated heterocycles. The molecule has 0 saturated carbocycles. The summed E-state index contributed by atoms with van der Waals surface area (Å²) in [6.45, 7) is 2.24. The molecule has 0 atom stereocenters. The summed E-state index contributed by atoms with van der Waals surface area (Å²) in [4.78, 5) is 0.566. The molecule has 0 aromatic rings. The molecule has 0 fully saturated rings. The summed E-state index contributed by atoms with van der Waals surface area (Å²) in [5, 5.41) is 8.44. The van der Waals surface area contributed by atoms with Crippen LogP contribution in [0.25, 0.3) is 0 Å². The summed E-state index contributed by atoms with van der Waals surface area (Å²) in [6.07, 6.45) is 11.2. The lowest BCUT2D eigenvalue weighted by Gasteiger charge is -2.00. The number of hydrogen-bond acceptors (Lipinski definition) is 2. The van der Waals surface area contributed by atoms with Gasteiger partial charge in [0.25, 0.3) is 0 Å². The normalized spacial score (nSPS) is 9.71. The second kappa shape index (κ2) is 10.7. The number of unbranched alkanes of at least 4 members (excludes halogenated alkanes) is 7.